The van der Waals surface area contributed by atoms with Crippen molar-refractivity contribution in [3.8, 4) is 0 Å². The lowest BCUT2D eigenvalue weighted by atomic mass is 10.0. The monoisotopic (exact) mass is 277 g/mol. The Bertz CT molecular complexity index is 290. The number of rotatable bonds is 6. The molecule has 0 aliphatic carbocycles. The molecule has 0 bridgehead atoms. The van der Waals surface area contributed by atoms with Gasteiger partial charge in [0.1, 0.15) is 17.4 Å². The molecule has 106 valence electrons. The summed E-state index contributed by atoms with van der Waals surface area (Å²) in [7, 11) is 1.48. The van der Waals surface area contributed by atoms with Gasteiger partial charge in [-0.25, -0.2) is 4.79 Å². The van der Waals surface area contributed by atoms with Crippen LogP contribution in [0.15, 0.2) is 0 Å². The van der Waals surface area contributed by atoms with Crippen molar-refractivity contribution in [2.24, 2.45) is 0 Å². The van der Waals surface area contributed by atoms with Crippen molar-refractivity contribution in [1.29, 1.82) is 0 Å². The third-order valence-electron chi connectivity index (χ3n) is 2.36. The molecular formula is C12H23NO4S. The Hall–Kier alpha value is -0.750. The number of likely N-dealkylation sites (N-methyl/N-ethyl adjacent to an activating group) is 1. The summed E-state index contributed by atoms with van der Waals surface area (Å²) in [6, 6.07) is 0. The Kier molecular flexibility index (Phi) is 6.70. The maximum absolute atomic E-state index is 12.1. The fourth-order valence-corrected chi connectivity index (χ4v) is 1.87. The highest BCUT2D eigenvalue weighted by Crippen LogP contribution is 2.19. The average Bonchev–Trinajstić information content (AvgIpc) is 2.26. The second-order valence-electron chi connectivity index (χ2n) is 5.04. The van der Waals surface area contributed by atoms with Crippen LogP contribution < -0.4 is 0 Å². The van der Waals surface area contributed by atoms with Crippen molar-refractivity contribution in [2.45, 2.75) is 38.8 Å². The van der Waals surface area contributed by atoms with E-state index in [9.17, 15) is 9.59 Å². The van der Waals surface area contributed by atoms with E-state index >= 15 is 0 Å². The lowest BCUT2D eigenvalue weighted by molar-refractivity contribution is -0.120. The number of amides is 1. The molecule has 6 heteroatoms. The Morgan fingerprint density at radius 2 is 1.94 bits per heavy atom. The maximum atomic E-state index is 12.1. The zero-order valence-corrected chi connectivity index (χ0v) is 12.6. The second kappa shape index (κ2) is 6.99. The highest BCUT2D eigenvalue weighted by atomic mass is 32.1. The van der Waals surface area contributed by atoms with Crippen LogP contribution in [0, 0.1) is 0 Å². The van der Waals surface area contributed by atoms with Crippen LogP contribution in [0.1, 0.15) is 27.7 Å². The van der Waals surface area contributed by atoms with Crippen molar-refractivity contribution < 1.29 is 19.1 Å². The first-order valence-corrected chi connectivity index (χ1v) is 6.46. The van der Waals surface area contributed by atoms with Crippen molar-refractivity contribution >= 4 is 25.0 Å². The summed E-state index contributed by atoms with van der Waals surface area (Å²) in [5.41, 5.74) is -1.70. The van der Waals surface area contributed by atoms with E-state index in [0.29, 0.717) is 12.8 Å². The molecule has 0 spiro atoms. The van der Waals surface area contributed by atoms with Gasteiger partial charge in [0.05, 0.1) is 6.61 Å². The molecule has 0 rings (SSSR count). The van der Waals surface area contributed by atoms with Gasteiger partial charge in [0.2, 0.25) is 0 Å². The summed E-state index contributed by atoms with van der Waals surface area (Å²) in [5.74, 6) is 0.178. The molecule has 0 aliphatic heterocycles. The second-order valence-corrected chi connectivity index (χ2v) is 5.35. The van der Waals surface area contributed by atoms with Gasteiger partial charge in [-0.05, 0) is 27.7 Å². The molecule has 0 saturated carbocycles. The minimum absolute atomic E-state index is 0.0904. The van der Waals surface area contributed by atoms with Gasteiger partial charge >= 0.3 is 6.09 Å². The van der Waals surface area contributed by atoms with Gasteiger partial charge in [-0.3, -0.25) is 4.90 Å². The quantitative estimate of drug-likeness (QED) is 0.594. The summed E-state index contributed by atoms with van der Waals surface area (Å²) in [6.45, 7) is 7.54. The number of nitrogens with zero attached hydrogens (tertiary/aromatic N) is 1. The summed E-state index contributed by atoms with van der Waals surface area (Å²) in [4.78, 5) is 24.8. The largest absolute Gasteiger partial charge is 0.444 e. The van der Waals surface area contributed by atoms with Crippen LogP contribution in [0.4, 0.5) is 4.79 Å². The Morgan fingerprint density at radius 3 is 2.22 bits per heavy atom. The number of ether oxygens (including phenoxy) is 2. The van der Waals surface area contributed by atoms with Gasteiger partial charge in [0.25, 0.3) is 0 Å². The molecule has 0 radical (unpaired) electrons. The highest BCUT2D eigenvalue weighted by Gasteiger charge is 2.40. The standard InChI is InChI=1S/C12H23NO4S/c1-6-13(10(15)17-11(2,3)4)12(7-14,9-18)8-16-5/h7,18H,6,8-9H2,1-5H3/t12-/m0/s1. The van der Waals surface area contributed by atoms with E-state index in [1.807, 2.05) is 0 Å². The molecule has 0 aromatic heterocycles. The van der Waals surface area contributed by atoms with E-state index in [1.54, 1.807) is 27.7 Å². The van der Waals surface area contributed by atoms with Gasteiger partial charge in [-0.1, -0.05) is 0 Å². The Labute approximate surface area is 114 Å². The van der Waals surface area contributed by atoms with Crippen LogP contribution in [0.25, 0.3) is 0 Å². The van der Waals surface area contributed by atoms with Crippen LogP contribution in [0.5, 0.6) is 0 Å². The van der Waals surface area contributed by atoms with E-state index in [4.69, 9.17) is 9.47 Å². The first-order chi connectivity index (χ1) is 8.26. The lowest BCUT2D eigenvalue weighted by Crippen LogP contribution is -2.58. The number of carbonyl (C=O) groups excluding carboxylic acids is 2. The lowest BCUT2D eigenvalue weighted by Gasteiger charge is -2.38. The van der Waals surface area contributed by atoms with Crippen molar-refractivity contribution in [1.82, 2.24) is 4.90 Å². The Morgan fingerprint density at radius 1 is 1.39 bits per heavy atom. The third-order valence-corrected chi connectivity index (χ3v) is 2.90. The molecule has 0 unspecified atom stereocenters. The number of methoxy groups -OCH3 is 1. The van der Waals surface area contributed by atoms with Gasteiger partial charge in [0, 0.05) is 19.4 Å². The highest BCUT2D eigenvalue weighted by molar-refractivity contribution is 7.80. The Balaban J connectivity index is 5.12. The normalized spacial score (nSPS) is 14.8. The smallest absolute Gasteiger partial charge is 0.411 e. The van der Waals surface area contributed by atoms with E-state index in [-0.39, 0.29) is 12.4 Å². The van der Waals surface area contributed by atoms with Gasteiger partial charge in [-0.15, -0.1) is 0 Å². The summed E-state index contributed by atoms with van der Waals surface area (Å²) >= 11 is 4.15. The molecule has 0 aliphatic rings. The molecule has 5 nitrogen and oxygen atoms in total. The summed E-state index contributed by atoms with van der Waals surface area (Å²) in [5, 5.41) is 0. The van der Waals surface area contributed by atoms with Crippen LogP contribution in [-0.2, 0) is 14.3 Å². The molecule has 0 saturated heterocycles. The van der Waals surface area contributed by atoms with Crippen molar-refractivity contribution in [2.75, 3.05) is 26.0 Å². The number of hydrogen-bond donors (Lipinski definition) is 1. The number of thiol groups is 1. The summed E-state index contributed by atoms with van der Waals surface area (Å²) in [6.07, 6.45) is 0.153. The van der Waals surface area contributed by atoms with Gasteiger partial charge in [0.15, 0.2) is 0 Å². The predicted molar refractivity (Wildman–Crippen MR) is 73.1 cm³/mol. The van der Waals surface area contributed by atoms with Crippen molar-refractivity contribution in [3.63, 3.8) is 0 Å². The topological polar surface area (TPSA) is 55.8 Å². The first kappa shape index (κ1) is 17.2. The van der Waals surface area contributed by atoms with E-state index in [0.717, 1.165) is 0 Å². The number of aldehydes is 1. The predicted octanol–water partition coefficient (Wildman–Crippen LogP) is 1.76. The van der Waals surface area contributed by atoms with Crippen LogP contribution in [-0.4, -0.2) is 54.4 Å². The fraction of sp³-hybridized carbons (Fsp3) is 0.833. The maximum Gasteiger partial charge on any atom is 0.411 e. The molecule has 0 N–H and O–H groups in total. The van der Waals surface area contributed by atoms with Crippen LogP contribution >= 0.6 is 12.6 Å². The molecule has 1 amide bonds. The molecule has 0 aromatic carbocycles. The first-order valence-electron chi connectivity index (χ1n) is 5.83. The number of carbonyl (C=O) groups is 2. The average molecular weight is 277 g/mol. The molecule has 0 heterocycles. The van der Waals surface area contributed by atoms with E-state index in [2.05, 4.69) is 12.6 Å². The minimum Gasteiger partial charge on any atom is -0.444 e. The molecular weight excluding hydrogens is 254 g/mol. The molecule has 18 heavy (non-hydrogen) atoms. The third kappa shape index (κ3) is 4.49. The van der Waals surface area contributed by atoms with Crippen LogP contribution in [0.2, 0.25) is 0 Å². The molecule has 1 atom stereocenters. The molecule has 0 aromatic rings. The van der Waals surface area contributed by atoms with E-state index in [1.165, 1.54) is 12.0 Å². The zero-order chi connectivity index (χ0) is 14.4. The van der Waals surface area contributed by atoms with Crippen LogP contribution in [0.3, 0.4) is 0 Å². The van der Waals surface area contributed by atoms with E-state index < -0.39 is 17.2 Å². The van der Waals surface area contributed by atoms with Gasteiger partial charge in [-0.2, -0.15) is 12.6 Å². The minimum atomic E-state index is -1.09. The van der Waals surface area contributed by atoms with Gasteiger partial charge < -0.3 is 14.3 Å². The molecule has 0 fully saturated rings. The number of hydrogen-bond acceptors (Lipinski definition) is 5. The SMILES string of the molecule is CCN(C(=O)OC(C)(C)C)[C@](C=O)(CS)COC. The van der Waals surface area contributed by atoms with Crippen molar-refractivity contribution in [3.05, 3.63) is 0 Å². The summed E-state index contributed by atoms with van der Waals surface area (Å²) < 4.78 is 10.3. The zero-order valence-electron chi connectivity index (χ0n) is 11.7. The fourth-order valence-electron chi connectivity index (χ4n) is 1.54.